The van der Waals surface area contributed by atoms with Crippen molar-refractivity contribution in [3.63, 3.8) is 0 Å². The average Bonchev–Trinajstić information content (AvgIpc) is 3.39. The summed E-state index contributed by atoms with van der Waals surface area (Å²) in [5.41, 5.74) is 17.3. The van der Waals surface area contributed by atoms with Gasteiger partial charge in [-0.1, -0.05) is 53.7 Å². The number of aliphatic hydroxyl groups is 3. The Morgan fingerprint density at radius 2 is 0.904 bits per heavy atom. The highest BCUT2D eigenvalue weighted by atomic mass is 32.2. The minimum Gasteiger partial charge on any atom is -0.508 e. The number of aliphatic hydroxyl groups excluding tert-OH is 3. The van der Waals surface area contributed by atoms with Gasteiger partial charge in [0.15, 0.2) is 0 Å². The fourth-order valence-corrected chi connectivity index (χ4v) is 8.78. The summed E-state index contributed by atoms with van der Waals surface area (Å²) >= 11 is 1.30. The number of primary amides is 1. The average molecular weight is 1200 g/mol. The number of carboxylic acids is 1. The van der Waals surface area contributed by atoms with Gasteiger partial charge in [-0.25, -0.2) is 4.79 Å². The van der Waals surface area contributed by atoms with E-state index in [4.69, 9.17) is 17.2 Å². The molecule has 0 saturated heterocycles. The largest absolute Gasteiger partial charge is 0.508 e. The molecule has 12 atom stereocenters. The molecule has 10 amide bonds. The van der Waals surface area contributed by atoms with Crippen LogP contribution in [-0.4, -0.2) is 188 Å². The van der Waals surface area contributed by atoms with Gasteiger partial charge in [0.2, 0.25) is 59.1 Å². The second-order valence-corrected chi connectivity index (χ2v) is 22.8. The molecule has 1 rings (SSSR count). The zero-order valence-electron chi connectivity index (χ0n) is 49.0. The van der Waals surface area contributed by atoms with Gasteiger partial charge in [0.1, 0.15) is 60.1 Å². The first kappa shape index (κ1) is 74.4. The van der Waals surface area contributed by atoms with E-state index in [-0.39, 0.29) is 67.8 Å². The number of carbonyl (C=O) groups is 11. The highest BCUT2D eigenvalue weighted by molar-refractivity contribution is 7.98. The summed E-state index contributed by atoms with van der Waals surface area (Å²) in [6, 6.07) is -9.38. The first-order chi connectivity index (χ1) is 38.8. The van der Waals surface area contributed by atoms with Gasteiger partial charge < -0.3 is 90.6 Å². The molecule has 28 nitrogen and oxygen atoms in total. The van der Waals surface area contributed by atoms with E-state index in [1.807, 2.05) is 13.8 Å². The number of unbranched alkanes of at least 4 members (excludes halogenated alkanes) is 1. The second kappa shape index (κ2) is 38.2. The Morgan fingerprint density at radius 3 is 1.35 bits per heavy atom. The van der Waals surface area contributed by atoms with Crippen molar-refractivity contribution >= 4 is 76.8 Å². The van der Waals surface area contributed by atoms with E-state index in [1.165, 1.54) is 49.9 Å². The molecule has 0 aliphatic rings. The molecule has 20 N–H and O–H groups in total. The van der Waals surface area contributed by atoms with Crippen LogP contribution in [0.25, 0.3) is 0 Å². The third-order valence-electron chi connectivity index (χ3n) is 12.8. The SMILES string of the molecule is CSCC[C@H](NC(=O)[C@H](CC(C)C)NC(=O)[C@H](CCC(N)=O)NC(=O)[C@H](CO)NC(=O)[C@H](Cc1ccc(O)cc1)NC(=O)[C@@H](NC(=O)[C@@H](N)CC(C)C)[C@@H](C)O)C(=O)N[C@H](C(=O)N[C@@H](CC(C)C)C(=O)N[C@@H](CCCCN)C(=O)O)[C@@H](C)O. The van der Waals surface area contributed by atoms with E-state index in [9.17, 15) is 78.3 Å². The molecule has 29 heteroatoms. The third kappa shape index (κ3) is 28.5. The Morgan fingerprint density at radius 1 is 0.506 bits per heavy atom. The molecule has 1 aromatic carbocycles. The van der Waals surface area contributed by atoms with Crippen LogP contribution in [0.15, 0.2) is 24.3 Å². The Kier molecular flexibility index (Phi) is 34.3. The zero-order valence-corrected chi connectivity index (χ0v) is 49.8. The molecule has 0 heterocycles. The number of amides is 10. The van der Waals surface area contributed by atoms with Crippen molar-refractivity contribution in [3.8, 4) is 5.75 Å². The number of nitrogens with two attached hydrogens (primary N) is 3. The van der Waals surface area contributed by atoms with E-state index in [0.717, 1.165) is 0 Å². The fourth-order valence-electron chi connectivity index (χ4n) is 8.31. The summed E-state index contributed by atoms with van der Waals surface area (Å²) in [5.74, 6) is -11.3. The molecule has 83 heavy (non-hydrogen) atoms. The van der Waals surface area contributed by atoms with Crippen molar-refractivity contribution < 1.29 is 78.3 Å². The molecule has 0 aliphatic carbocycles. The van der Waals surface area contributed by atoms with Crippen molar-refractivity contribution in [2.45, 2.75) is 192 Å². The first-order valence-corrected chi connectivity index (χ1v) is 29.2. The number of phenols is 1. The van der Waals surface area contributed by atoms with Gasteiger partial charge in [0, 0.05) is 12.8 Å². The Bertz CT molecular complexity index is 2290. The topological polar surface area (TPSA) is 475 Å². The van der Waals surface area contributed by atoms with Crippen LogP contribution in [0, 0.1) is 17.8 Å². The van der Waals surface area contributed by atoms with Gasteiger partial charge in [-0.3, -0.25) is 47.9 Å². The minimum absolute atomic E-state index is 0.00514. The molecular weight excluding hydrogens is 1100 g/mol. The summed E-state index contributed by atoms with van der Waals surface area (Å²) < 4.78 is 0. The van der Waals surface area contributed by atoms with Crippen LogP contribution in [-0.2, 0) is 59.2 Å². The lowest BCUT2D eigenvalue weighted by Crippen LogP contribution is -2.62. The molecule has 1 aromatic rings. The van der Waals surface area contributed by atoms with E-state index in [2.05, 4.69) is 47.9 Å². The quantitative estimate of drug-likeness (QED) is 0.0287. The van der Waals surface area contributed by atoms with Crippen molar-refractivity contribution in [2.24, 2.45) is 35.0 Å². The molecule has 0 aromatic heterocycles. The molecule has 0 fully saturated rings. The van der Waals surface area contributed by atoms with Gasteiger partial charge in [0.25, 0.3) is 0 Å². The van der Waals surface area contributed by atoms with Gasteiger partial charge in [-0.05, 0) is 119 Å². The molecule has 470 valence electrons. The number of aromatic hydroxyl groups is 1. The van der Waals surface area contributed by atoms with Crippen LogP contribution >= 0.6 is 11.8 Å². The summed E-state index contributed by atoms with van der Waals surface area (Å²) in [6.07, 6.45) is -1.41. The maximum atomic E-state index is 14.2. The van der Waals surface area contributed by atoms with E-state index in [1.54, 1.807) is 34.0 Å². The number of rotatable bonds is 40. The van der Waals surface area contributed by atoms with Crippen LogP contribution in [0.5, 0.6) is 5.75 Å². The monoisotopic (exact) mass is 1200 g/mol. The number of hydrogen-bond acceptors (Lipinski definition) is 18. The smallest absolute Gasteiger partial charge is 0.326 e. The highest BCUT2D eigenvalue weighted by Gasteiger charge is 2.37. The number of nitrogens with one attached hydrogen (secondary N) is 9. The van der Waals surface area contributed by atoms with E-state index in [0.29, 0.717) is 24.9 Å². The molecule has 0 bridgehead atoms. The maximum Gasteiger partial charge on any atom is 0.326 e. The van der Waals surface area contributed by atoms with Crippen molar-refractivity contribution in [1.29, 1.82) is 0 Å². The van der Waals surface area contributed by atoms with Crippen LogP contribution in [0.2, 0.25) is 0 Å². The Labute approximate surface area is 489 Å². The third-order valence-corrected chi connectivity index (χ3v) is 13.5. The number of aliphatic carboxylic acids is 1. The van der Waals surface area contributed by atoms with Gasteiger partial charge >= 0.3 is 5.97 Å². The predicted octanol–water partition coefficient (Wildman–Crippen LogP) is -3.25. The number of hydrogen-bond donors (Lipinski definition) is 17. The predicted molar refractivity (Wildman–Crippen MR) is 308 cm³/mol. The standard InChI is InChI=1S/C54H92N12O16S/c1-27(2)22-34(56)45(72)65-43(30(7)68)52(79)63-40(25-32-13-15-33(70)16-14-32)50(77)64-41(26-67)51(78)58-35(17-18-42(57)71)46(73)61-38(23-28(3)4)48(75)59-36(19-21-83-9)47(74)66-44(31(8)69)53(80)62-39(24-29(5)6)49(76)60-37(54(81)82)12-10-11-20-55/h13-16,27-31,34-41,43-44,67-70H,10-12,17-26,55-56H2,1-9H3,(H2,57,71)(H,58,78)(H,59,75)(H,60,76)(H,61,73)(H,62,80)(H,63,79)(H,64,77)(H,65,72)(H,66,74)(H,81,82)/t30-,31-,34+,35+,36+,37+,38+,39+,40+,41+,43+,44+/m1/s1. The zero-order chi connectivity index (χ0) is 63.3. The fraction of sp³-hybridized carbons (Fsp3) is 0.685. The molecule has 0 spiro atoms. The Balaban J connectivity index is 3.50. The van der Waals surface area contributed by atoms with Gasteiger partial charge in [-0.15, -0.1) is 0 Å². The molecular formula is C54H92N12O16S. The lowest BCUT2D eigenvalue weighted by atomic mass is 10.0. The maximum absolute atomic E-state index is 14.2. The summed E-state index contributed by atoms with van der Waals surface area (Å²) in [5, 5.41) is 73.5. The number of benzene rings is 1. The van der Waals surface area contributed by atoms with Crippen molar-refractivity contribution in [2.75, 3.05) is 25.2 Å². The lowest BCUT2D eigenvalue weighted by molar-refractivity contribution is -0.142. The summed E-state index contributed by atoms with van der Waals surface area (Å²) in [6.45, 7) is 12.3. The number of thioether (sulfide) groups is 1. The van der Waals surface area contributed by atoms with Crippen LogP contribution in [0.1, 0.15) is 119 Å². The molecule has 0 unspecified atom stereocenters. The molecule has 0 saturated carbocycles. The van der Waals surface area contributed by atoms with E-state index < -0.39 is 157 Å². The summed E-state index contributed by atoms with van der Waals surface area (Å²) in [4.78, 5) is 148. The van der Waals surface area contributed by atoms with Crippen LogP contribution < -0.4 is 65.1 Å². The lowest BCUT2D eigenvalue weighted by Gasteiger charge is -2.29. The summed E-state index contributed by atoms with van der Waals surface area (Å²) in [7, 11) is 0. The first-order valence-electron chi connectivity index (χ1n) is 27.8. The van der Waals surface area contributed by atoms with Crippen molar-refractivity contribution in [1.82, 2.24) is 47.9 Å². The van der Waals surface area contributed by atoms with Crippen LogP contribution in [0.4, 0.5) is 0 Å². The highest BCUT2D eigenvalue weighted by Crippen LogP contribution is 2.15. The molecule has 0 aliphatic heterocycles. The minimum atomic E-state index is -1.84. The normalized spacial score (nSPS) is 15.7. The van der Waals surface area contributed by atoms with Gasteiger partial charge in [-0.2, -0.15) is 11.8 Å². The Hall–Kier alpha value is -6.66. The van der Waals surface area contributed by atoms with Crippen molar-refractivity contribution in [3.05, 3.63) is 29.8 Å². The number of carbonyl (C=O) groups excluding carboxylic acids is 10. The van der Waals surface area contributed by atoms with Crippen LogP contribution in [0.3, 0.4) is 0 Å². The molecule has 0 radical (unpaired) electrons. The number of phenolic OH excluding ortho intramolecular Hbond substituents is 1. The van der Waals surface area contributed by atoms with Gasteiger partial charge in [0.05, 0.1) is 24.9 Å². The second-order valence-electron chi connectivity index (χ2n) is 21.8. The number of carboxylic acid groups (broad SMARTS) is 1. The van der Waals surface area contributed by atoms with E-state index >= 15 is 0 Å².